The third kappa shape index (κ3) is 2.77. The summed E-state index contributed by atoms with van der Waals surface area (Å²) in [6, 6.07) is 0.669. The second kappa shape index (κ2) is 4.04. The molecule has 3 heteroatoms. The molecule has 1 aliphatic heterocycles. The van der Waals surface area contributed by atoms with Gasteiger partial charge in [-0.1, -0.05) is 0 Å². The molecule has 11 heavy (non-hydrogen) atoms. The lowest BCUT2D eigenvalue weighted by atomic mass is 10.2. The number of likely N-dealkylation sites (N-methyl/N-ethyl adjacent to an activating group) is 2. The van der Waals surface area contributed by atoms with Gasteiger partial charge in [-0.3, -0.25) is 0 Å². The fraction of sp³-hybridized carbons (Fsp3) is 1.00. The fourth-order valence-electron chi connectivity index (χ4n) is 1.40. The molecule has 0 aromatic carbocycles. The lowest BCUT2D eigenvalue weighted by molar-refractivity contribution is 0.230. The van der Waals surface area contributed by atoms with Gasteiger partial charge in [0.2, 0.25) is 0 Å². The molecule has 0 radical (unpaired) electrons. The van der Waals surface area contributed by atoms with E-state index in [-0.39, 0.29) is 0 Å². The molecule has 0 aromatic rings. The maximum absolute atomic E-state index is 3.43. The molecule has 66 valence electrons. The molecule has 0 spiro atoms. The minimum Gasteiger partial charge on any atom is -0.314 e. The molecule has 0 aromatic heterocycles. The molecule has 1 fully saturated rings. The first-order valence-electron chi connectivity index (χ1n) is 4.26. The van der Waals surface area contributed by atoms with Crippen molar-refractivity contribution in [3.63, 3.8) is 0 Å². The molecule has 1 saturated heterocycles. The first-order chi connectivity index (χ1) is 5.20. The third-order valence-electron chi connectivity index (χ3n) is 2.30. The minimum absolute atomic E-state index is 0.669. The van der Waals surface area contributed by atoms with E-state index >= 15 is 0 Å². The van der Waals surface area contributed by atoms with E-state index in [9.17, 15) is 0 Å². The Bertz CT molecular complexity index is 114. The summed E-state index contributed by atoms with van der Waals surface area (Å²) in [7, 11) is 6.47. The second-order valence-corrected chi connectivity index (χ2v) is 3.58. The van der Waals surface area contributed by atoms with Crippen LogP contribution >= 0.6 is 0 Å². The Hall–Kier alpha value is -0.120. The van der Waals surface area contributed by atoms with Gasteiger partial charge in [0.15, 0.2) is 0 Å². The first-order valence-corrected chi connectivity index (χ1v) is 4.26. The highest BCUT2D eigenvalue weighted by molar-refractivity contribution is 4.76. The summed E-state index contributed by atoms with van der Waals surface area (Å²) in [5, 5.41) is 3.43. The maximum atomic E-state index is 3.43. The van der Waals surface area contributed by atoms with Crippen molar-refractivity contribution >= 4 is 0 Å². The van der Waals surface area contributed by atoms with Gasteiger partial charge in [-0.05, 0) is 21.1 Å². The van der Waals surface area contributed by atoms with Crippen molar-refractivity contribution in [1.29, 1.82) is 0 Å². The molecule has 1 heterocycles. The van der Waals surface area contributed by atoms with Gasteiger partial charge in [0.05, 0.1) is 0 Å². The third-order valence-corrected chi connectivity index (χ3v) is 2.30. The fourth-order valence-corrected chi connectivity index (χ4v) is 1.40. The maximum Gasteiger partial charge on any atom is 0.0341 e. The molecule has 1 rings (SSSR count). The van der Waals surface area contributed by atoms with Crippen molar-refractivity contribution in [2.75, 3.05) is 47.3 Å². The van der Waals surface area contributed by atoms with Crippen molar-refractivity contribution in [2.45, 2.75) is 6.04 Å². The van der Waals surface area contributed by atoms with Crippen molar-refractivity contribution in [3.8, 4) is 0 Å². The van der Waals surface area contributed by atoms with E-state index in [0.29, 0.717) is 6.04 Å². The Morgan fingerprint density at radius 3 is 2.82 bits per heavy atom. The molecular formula is C8H19N3. The zero-order valence-corrected chi connectivity index (χ0v) is 7.80. The Labute approximate surface area is 69.4 Å². The van der Waals surface area contributed by atoms with Crippen molar-refractivity contribution in [2.24, 2.45) is 0 Å². The van der Waals surface area contributed by atoms with Gasteiger partial charge in [-0.2, -0.15) is 0 Å². The molecular weight excluding hydrogens is 138 g/mol. The number of nitrogens with one attached hydrogen (secondary N) is 1. The summed E-state index contributed by atoms with van der Waals surface area (Å²) < 4.78 is 0. The molecule has 0 saturated carbocycles. The van der Waals surface area contributed by atoms with Crippen LogP contribution in [0, 0.1) is 0 Å². The SMILES string of the molecule is CN1CCNCC(N(C)C)C1. The molecule has 1 atom stereocenters. The van der Waals surface area contributed by atoms with Crippen LogP contribution in [-0.4, -0.2) is 63.2 Å². The van der Waals surface area contributed by atoms with Crippen LogP contribution in [0.4, 0.5) is 0 Å². The summed E-state index contributed by atoms with van der Waals surface area (Å²) >= 11 is 0. The van der Waals surface area contributed by atoms with Gasteiger partial charge in [0, 0.05) is 32.2 Å². The normalized spacial score (nSPS) is 28.9. The van der Waals surface area contributed by atoms with E-state index < -0.39 is 0 Å². The lowest BCUT2D eigenvalue weighted by Crippen LogP contribution is -2.41. The second-order valence-electron chi connectivity index (χ2n) is 3.58. The molecule has 1 aliphatic rings. The van der Waals surface area contributed by atoms with Crippen molar-refractivity contribution in [3.05, 3.63) is 0 Å². The number of hydrogen-bond donors (Lipinski definition) is 1. The van der Waals surface area contributed by atoms with Crippen LogP contribution in [0.2, 0.25) is 0 Å². The highest BCUT2D eigenvalue weighted by atomic mass is 15.2. The quantitative estimate of drug-likeness (QED) is 0.551. The summed E-state index contributed by atoms with van der Waals surface area (Å²) in [4.78, 5) is 4.67. The number of hydrogen-bond acceptors (Lipinski definition) is 3. The zero-order chi connectivity index (χ0) is 8.27. The standard InChI is InChI=1S/C8H19N3/c1-10(2)8-6-9-4-5-11(3)7-8/h8-9H,4-7H2,1-3H3. The van der Waals surface area contributed by atoms with Crippen LogP contribution < -0.4 is 5.32 Å². The van der Waals surface area contributed by atoms with E-state index in [1.807, 2.05) is 0 Å². The van der Waals surface area contributed by atoms with E-state index in [2.05, 4.69) is 36.3 Å². The van der Waals surface area contributed by atoms with E-state index in [1.54, 1.807) is 0 Å². The van der Waals surface area contributed by atoms with Gasteiger partial charge in [-0.15, -0.1) is 0 Å². The van der Waals surface area contributed by atoms with Gasteiger partial charge < -0.3 is 15.1 Å². The largest absolute Gasteiger partial charge is 0.314 e. The molecule has 3 nitrogen and oxygen atoms in total. The molecule has 1 N–H and O–H groups in total. The highest BCUT2D eigenvalue weighted by Crippen LogP contribution is 1.97. The van der Waals surface area contributed by atoms with Crippen LogP contribution in [0.25, 0.3) is 0 Å². The van der Waals surface area contributed by atoms with Gasteiger partial charge >= 0.3 is 0 Å². The monoisotopic (exact) mass is 157 g/mol. The van der Waals surface area contributed by atoms with Crippen LogP contribution in [0.3, 0.4) is 0 Å². The highest BCUT2D eigenvalue weighted by Gasteiger charge is 2.15. The van der Waals surface area contributed by atoms with E-state index in [1.165, 1.54) is 13.1 Å². The average molecular weight is 157 g/mol. The summed E-state index contributed by atoms with van der Waals surface area (Å²) in [5.41, 5.74) is 0. The predicted molar refractivity (Wildman–Crippen MR) is 47.8 cm³/mol. The molecule has 1 unspecified atom stereocenters. The molecule has 0 bridgehead atoms. The van der Waals surface area contributed by atoms with Crippen LogP contribution in [0.1, 0.15) is 0 Å². The van der Waals surface area contributed by atoms with Crippen LogP contribution in [0.5, 0.6) is 0 Å². The average Bonchev–Trinajstić information content (AvgIpc) is 2.13. The van der Waals surface area contributed by atoms with Crippen molar-refractivity contribution < 1.29 is 0 Å². The van der Waals surface area contributed by atoms with Crippen LogP contribution in [0.15, 0.2) is 0 Å². The Morgan fingerprint density at radius 2 is 2.18 bits per heavy atom. The zero-order valence-electron chi connectivity index (χ0n) is 7.80. The van der Waals surface area contributed by atoms with Gasteiger partial charge in [0.1, 0.15) is 0 Å². The van der Waals surface area contributed by atoms with E-state index in [0.717, 1.165) is 13.1 Å². The van der Waals surface area contributed by atoms with E-state index in [4.69, 9.17) is 0 Å². The molecule has 0 amide bonds. The number of nitrogens with zero attached hydrogens (tertiary/aromatic N) is 2. The summed E-state index contributed by atoms with van der Waals surface area (Å²) in [6.45, 7) is 4.60. The number of rotatable bonds is 1. The molecule has 0 aliphatic carbocycles. The Morgan fingerprint density at radius 1 is 1.45 bits per heavy atom. The van der Waals surface area contributed by atoms with Gasteiger partial charge in [-0.25, -0.2) is 0 Å². The van der Waals surface area contributed by atoms with Crippen molar-refractivity contribution in [1.82, 2.24) is 15.1 Å². The summed E-state index contributed by atoms with van der Waals surface area (Å²) in [6.07, 6.45) is 0. The van der Waals surface area contributed by atoms with Gasteiger partial charge in [0.25, 0.3) is 0 Å². The Kier molecular flexibility index (Phi) is 3.30. The minimum atomic E-state index is 0.669. The Balaban J connectivity index is 2.39. The smallest absolute Gasteiger partial charge is 0.0341 e. The van der Waals surface area contributed by atoms with Crippen LogP contribution in [-0.2, 0) is 0 Å². The summed E-state index contributed by atoms with van der Waals surface area (Å²) in [5.74, 6) is 0. The predicted octanol–water partition coefficient (Wildman–Crippen LogP) is -0.548. The topological polar surface area (TPSA) is 18.5 Å². The first kappa shape index (κ1) is 8.97. The lowest BCUT2D eigenvalue weighted by Gasteiger charge is -2.25.